The fourth-order valence-electron chi connectivity index (χ4n) is 1.92. The van der Waals surface area contributed by atoms with Crippen molar-refractivity contribution in [1.29, 1.82) is 0 Å². The molecule has 0 fully saturated rings. The molecule has 0 aliphatic rings. The van der Waals surface area contributed by atoms with Crippen molar-refractivity contribution in [3.8, 4) is 11.3 Å². The number of hydrogen-bond donors (Lipinski definition) is 2. The number of hydrogen-bond acceptors (Lipinski definition) is 5. The second-order valence-corrected chi connectivity index (χ2v) is 5.64. The molecule has 22 heavy (non-hydrogen) atoms. The van der Waals surface area contributed by atoms with Gasteiger partial charge in [0, 0.05) is 17.9 Å². The number of carboxylic acid groups (broad SMARTS) is 1. The first kappa shape index (κ1) is 16.1. The van der Waals surface area contributed by atoms with Crippen molar-refractivity contribution in [3.63, 3.8) is 0 Å². The third-order valence-corrected chi connectivity index (χ3v) is 3.84. The highest BCUT2D eigenvalue weighted by atomic mass is 32.2. The van der Waals surface area contributed by atoms with Crippen molar-refractivity contribution in [2.45, 2.75) is 6.92 Å². The monoisotopic (exact) mass is 320 g/mol. The van der Waals surface area contributed by atoms with Gasteiger partial charge < -0.3 is 14.9 Å². The number of nitrogens with one attached hydrogen (secondary N) is 1. The first-order valence-electron chi connectivity index (χ1n) is 6.69. The standard InChI is InChI=1S/C15H16N2O4S/c1-10-13(15(20)16-7-8-22-9-12(18)19)14(17-21-10)11-5-3-2-4-6-11/h2-6H,7-9H2,1H3,(H,16,20)(H,18,19). The molecule has 2 rings (SSSR count). The smallest absolute Gasteiger partial charge is 0.313 e. The third-order valence-electron chi connectivity index (χ3n) is 2.89. The number of rotatable bonds is 7. The molecule has 1 heterocycles. The minimum absolute atomic E-state index is 0.0252. The first-order valence-corrected chi connectivity index (χ1v) is 7.84. The Balaban J connectivity index is 2.01. The molecule has 0 radical (unpaired) electrons. The minimum atomic E-state index is -0.863. The number of amides is 1. The van der Waals surface area contributed by atoms with Crippen LogP contribution in [0.2, 0.25) is 0 Å². The average molecular weight is 320 g/mol. The molecule has 0 unspecified atom stereocenters. The van der Waals surface area contributed by atoms with Crippen LogP contribution in [-0.4, -0.2) is 40.2 Å². The molecular weight excluding hydrogens is 304 g/mol. The Labute approximate surface area is 131 Å². The summed E-state index contributed by atoms with van der Waals surface area (Å²) in [6.45, 7) is 2.07. The molecule has 1 aromatic heterocycles. The number of carbonyl (C=O) groups excluding carboxylic acids is 1. The van der Waals surface area contributed by atoms with E-state index in [0.29, 0.717) is 29.3 Å². The lowest BCUT2D eigenvalue weighted by Crippen LogP contribution is -2.26. The Hall–Kier alpha value is -2.28. The Morgan fingerprint density at radius 2 is 2.05 bits per heavy atom. The van der Waals surface area contributed by atoms with Gasteiger partial charge >= 0.3 is 5.97 Å². The van der Waals surface area contributed by atoms with Crippen LogP contribution in [0.25, 0.3) is 11.3 Å². The summed E-state index contributed by atoms with van der Waals surface area (Å²) < 4.78 is 5.14. The molecule has 2 aromatic rings. The average Bonchev–Trinajstić information content (AvgIpc) is 2.89. The number of nitrogens with zero attached hydrogens (tertiary/aromatic N) is 1. The van der Waals surface area contributed by atoms with Crippen LogP contribution in [0.15, 0.2) is 34.9 Å². The number of aliphatic carboxylic acids is 1. The van der Waals surface area contributed by atoms with Crippen LogP contribution < -0.4 is 5.32 Å². The van der Waals surface area contributed by atoms with E-state index in [-0.39, 0.29) is 11.7 Å². The predicted octanol–water partition coefficient (Wildman–Crippen LogP) is 2.20. The van der Waals surface area contributed by atoms with E-state index in [1.165, 1.54) is 11.8 Å². The van der Waals surface area contributed by atoms with Crippen LogP contribution in [0.3, 0.4) is 0 Å². The lowest BCUT2D eigenvalue weighted by atomic mass is 10.1. The van der Waals surface area contributed by atoms with E-state index in [0.717, 1.165) is 5.56 Å². The molecule has 0 bridgehead atoms. The van der Waals surface area contributed by atoms with Crippen molar-refractivity contribution in [1.82, 2.24) is 10.5 Å². The molecule has 6 nitrogen and oxygen atoms in total. The number of aryl methyl sites for hydroxylation is 1. The topological polar surface area (TPSA) is 92.4 Å². The van der Waals surface area contributed by atoms with E-state index >= 15 is 0 Å². The Kier molecular flexibility index (Phi) is 5.60. The largest absolute Gasteiger partial charge is 0.481 e. The van der Waals surface area contributed by atoms with Gasteiger partial charge in [0.2, 0.25) is 0 Å². The van der Waals surface area contributed by atoms with Gasteiger partial charge in [-0.15, -0.1) is 11.8 Å². The summed E-state index contributed by atoms with van der Waals surface area (Å²) in [6, 6.07) is 9.33. The zero-order valence-electron chi connectivity index (χ0n) is 12.0. The highest BCUT2D eigenvalue weighted by Crippen LogP contribution is 2.24. The molecule has 0 saturated carbocycles. The summed E-state index contributed by atoms with van der Waals surface area (Å²) in [7, 11) is 0. The van der Waals surface area contributed by atoms with Gasteiger partial charge in [0.1, 0.15) is 17.0 Å². The lowest BCUT2D eigenvalue weighted by molar-refractivity contribution is -0.133. The summed E-state index contributed by atoms with van der Waals surface area (Å²) in [5.41, 5.74) is 1.73. The number of aromatic nitrogens is 1. The second kappa shape index (κ2) is 7.65. The van der Waals surface area contributed by atoms with Crippen LogP contribution in [0.1, 0.15) is 16.1 Å². The highest BCUT2D eigenvalue weighted by molar-refractivity contribution is 7.99. The van der Waals surface area contributed by atoms with Crippen LogP contribution in [-0.2, 0) is 4.79 Å². The summed E-state index contributed by atoms with van der Waals surface area (Å²) in [5.74, 6) is -0.124. The maximum Gasteiger partial charge on any atom is 0.313 e. The molecule has 0 aliphatic carbocycles. The number of thioether (sulfide) groups is 1. The maximum atomic E-state index is 12.3. The fourth-order valence-corrected chi connectivity index (χ4v) is 2.48. The van der Waals surface area contributed by atoms with Crippen molar-refractivity contribution >= 4 is 23.6 Å². The molecule has 1 aromatic carbocycles. The summed E-state index contributed by atoms with van der Waals surface area (Å²) in [5, 5.41) is 15.3. The van der Waals surface area contributed by atoms with Crippen molar-refractivity contribution in [2.24, 2.45) is 0 Å². The van der Waals surface area contributed by atoms with Gasteiger partial charge in [-0.05, 0) is 6.92 Å². The molecule has 7 heteroatoms. The predicted molar refractivity (Wildman–Crippen MR) is 84.0 cm³/mol. The Bertz CT molecular complexity index is 655. The van der Waals surface area contributed by atoms with Crippen LogP contribution >= 0.6 is 11.8 Å². The SMILES string of the molecule is Cc1onc(-c2ccccc2)c1C(=O)NCCSCC(=O)O. The fraction of sp³-hybridized carbons (Fsp3) is 0.267. The van der Waals surface area contributed by atoms with E-state index in [1.54, 1.807) is 6.92 Å². The van der Waals surface area contributed by atoms with E-state index in [1.807, 2.05) is 30.3 Å². The summed E-state index contributed by atoms with van der Waals surface area (Å²) >= 11 is 1.25. The van der Waals surface area contributed by atoms with E-state index in [9.17, 15) is 9.59 Å². The Morgan fingerprint density at radius 3 is 2.73 bits per heavy atom. The van der Waals surface area contributed by atoms with Gasteiger partial charge in [-0.1, -0.05) is 35.5 Å². The molecular formula is C15H16N2O4S. The quantitative estimate of drug-likeness (QED) is 0.760. The number of benzene rings is 1. The molecule has 0 atom stereocenters. The minimum Gasteiger partial charge on any atom is -0.481 e. The third kappa shape index (κ3) is 4.11. The van der Waals surface area contributed by atoms with Gasteiger partial charge in [-0.3, -0.25) is 9.59 Å². The molecule has 116 valence electrons. The van der Waals surface area contributed by atoms with Crippen LogP contribution in [0.4, 0.5) is 0 Å². The van der Waals surface area contributed by atoms with Gasteiger partial charge in [-0.25, -0.2) is 0 Å². The van der Waals surface area contributed by atoms with Gasteiger partial charge in [0.25, 0.3) is 5.91 Å². The van der Waals surface area contributed by atoms with E-state index < -0.39 is 5.97 Å². The van der Waals surface area contributed by atoms with Gasteiger partial charge in [0.15, 0.2) is 0 Å². The van der Waals surface area contributed by atoms with Crippen molar-refractivity contribution < 1.29 is 19.2 Å². The summed E-state index contributed by atoms with van der Waals surface area (Å²) in [4.78, 5) is 22.7. The second-order valence-electron chi connectivity index (χ2n) is 4.53. The zero-order valence-corrected chi connectivity index (χ0v) is 12.9. The summed E-state index contributed by atoms with van der Waals surface area (Å²) in [6.07, 6.45) is 0. The first-order chi connectivity index (χ1) is 10.6. The van der Waals surface area contributed by atoms with E-state index in [4.69, 9.17) is 9.63 Å². The maximum absolute atomic E-state index is 12.3. The lowest BCUT2D eigenvalue weighted by Gasteiger charge is -2.05. The van der Waals surface area contributed by atoms with Gasteiger partial charge in [0.05, 0.1) is 5.75 Å². The highest BCUT2D eigenvalue weighted by Gasteiger charge is 2.21. The molecule has 2 N–H and O–H groups in total. The molecule has 0 saturated heterocycles. The zero-order chi connectivity index (χ0) is 15.9. The normalized spacial score (nSPS) is 10.4. The van der Waals surface area contributed by atoms with Crippen LogP contribution in [0.5, 0.6) is 0 Å². The van der Waals surface area contributed by atoms with Crippen LogP contribution in [0, 0.1) is 6.92 Å². The van der Waals surface area contributed by atoms with Crippen molar-refractivity contribution in [2.75, 3.05) is 18.1 Å². The molecule has 0 aliphatic heterocycles. The van der Waals surface area contributed by atoms with Crippen molar-refractivity contribution in [3.05, 3.63) is 41.7 Å². The number of carboxylic acids is 1. The molecule has 0 spiro atoms. The molecule has 1 amide bonds. The van der Waals surface area contributed by atoms with E-state index in [2.05, 4.69) is 10.5 Å². The number of carbonyl (C=O) groups is 2. The Morgan fingerprint density at radius 1 is 1.32 bits per heavy atom. The van der Waals surface area contributed by atoms with Gasteiger partial charge in [-0.2, -0.15) is 0 Å².